The average molecular weight is 607 g/mol. The molecule has 4 aromatic rings. The zero-order chi connectivity index (χ0) is 30.7. The van der Waals surface area contributed by atoms with Crippen molar-refractivity contribution in [3.63, 3.8) is 0 Å². The number of fused-ring (bicyclic) bond motifs is 1. The fourth-order valence-corrected chi connectivity index (χ4v) is 6.70. The highest BCUT2D eigenvalue weighted by atomic mass is 32.2. The lowest BCUT2D eigenvalue weighted by Gasteiger charge is -2.26. The maximum absolute atomic E-state index is 14.2. The molecule has 1 atom stereocenters. The number of hydrogen-bond donors (Lipinski definition) is 1. The van der Waals surface area contributed by atoms with Crippen molar-refractivity contribution in [1.82, 2.24) is 5.32 Å². The molecule has 1 N–H and O–H groups in total. The molecule has 222 valence electrons. The van der Waals surface area contributed by atoms with Gasteiger partial charge >= 0.3 is 5.97 Å². The third kappa shape index (κ3) is 6.07. The first-order valence-corrected chi connectivity index (χ1v) is 14.8. The van der Waals surface area contributed by atoms with Crippen molar-refractivity contribution >= 4 is 27.6 Å². The normalized spacial score (nSPS) is 14.2. The summed E-state index contributed by atoms with van der Waals surface area (Å²) >= 11 is 0. The highest BCUT2D eigenvalue weighted by Crippen LogP contribution is 2.37. The van der Waals surface area contributed by atoms with Crippen molar-refractivity contribution in [2.24, 2.45) is 0 Å². The number of ether oxygens (including phenoxy) is 2. The van der Waals surface area contributed by atoms with E-state index in [1.807, 2.05) is 0 Å². The van der Waals surface area contributed by atoms with Gasteiger partial charge in [0.1, 0.15) is 30.0 Å². The van der Waals surface area contributed by atoms with Gasteiger partial charge in [-0.1, -0.05) is 36.4 Å². The Kier molecular flexibility index (Phi) is 8.45. The molecule has 0 fully saturated rings. The molecule has 43 heavy (non-hydrogen) atoms. The highest BCUT2D eigenvalue weighted by Gasteiger charge is 2.42. The van der Waals surface area contributed by atoms with E-state index in [4.69, 9.17) is 4.74 Å². The molecule has 5 rings (SSSR count). The van der Waals surface area contributed by atoms with Crippen molar-refractivity contribution in [2.45, 2.75) is 24.3 Å². The number of methoxy groups -OCH3 is 1. The second kappa shape index (κ2) is 12.2. The number of carbonyl (C=O) groups is 2. The van der Waals surface area contributed by atoms with Gasteiger partial charge in [0.25, 0.3) is 10.0 Å². The minimum Gasteiger partial charge on any atom is -0.492 e. The lowest BCUT2D eigenvalue weighted by atomic mass is 10.0. The zero-order valence-corrected chi connectivity index (χ0v) is 24.2. The van der Waals surface area contributed by atoms with Crippen LogP contribution in [0.3, 0.4) is 0 Å². The molecular formula is C32H28F2N2O6S. The summed E-state index contributed by atoms with van der Waals surface area (Å²) in [5.74, 6) is -2.34. The standard InChI is InChI=1S/C32H28F2N2O6S/c1-20-17-23(33)9-13-26(20)21-7-11-25(12-8-21)43(39,40)36-29-6-4-3-5-22(29)18-30(36)31(37)35-15-16-42-24-10-14-27(28(34)19-24)32(38)41-2/h3-14,17,19,30H,15-16,18H2,1-2H3,(H,35,37)/t30-/m0/s1. The molecule has 1 aliphatic rings. The number of rotatable bonds is 9. The number of anilines is 1. The first-order chi connectivity index (χ1) is 20.6. The van der Waals surface area contributed by atoms with Crippen LogP contribution in [-0.4, -0.2) is 46.6 Å². The van der Waals surface area contributed by atoms with Crippen LogP contribution in [-0.2, 0) is 26.0 Å². The number of sulfonamides is 1. The Bertz CT molecular complexity index is 1790. The fourth-order valence-electron chi connectivity index (χ4n) is 5.05. The predicted molar refractivity (Wildman–Crippen MR) is 156 cm³/mol. The van der Waals surface area contributed by atoms with Gasteiger partial charge < -0.3 is 14.8 Å². The van der Waals surface area contributed by atoms with Gasteiger partial charge in [0, 0.05) is 12.5 Å². The number of hydrogen-bond acceptors (Lipinski definition) is 6. The second-order valence-corrected chi connectivity index (χ2v) is 11.7. The third-order valence-corrected chi connectivity index (χ3v) is 8.99. The largest absolute Gasteiger partial charge is 0.492 e. The lowest BCUT2D eigenvalue weighted by Crippen LogP contribution is -2.48. The second-order valence-electron chi connectivity index (χ2n) is 9.91. The van der Waals surface area contributed by atoms with E-state index in [-0.39, 0.29) is 41.6 Å². The summed E-state index contributed by atoms with van der Waals surface area (Å²) in [5.41, 5.74) is 3.12. The molecule has 11 heteroatoms. The molecule has 4 aromatic carbocycles. The van der Waals surface area contributed by atoms with Crippen molar-refractivity contribution in [3.8, 4) is 16.9 Å². The van der Waals surface area contributed by atoms with Crippen LogP contribution in [0, 0.1) is 18.6 Å². The van der Waals surface area contributed by atoms with E-state index >= 15 is 0 Å². The summed E-state index contributed by atoms with van der Waals surface area (Å²) in [6.07, 6.45) is 0.176. The molecule has 0 unspecified atom stereocenters. The molecular weight excluding hydrogens is 578 g/mol. The van der Waals surface area contributed by atoms with Gasteiger partial charge in [0.15, 0.2) is 0 Å². The maximum Gasteiger partial charge on any atom is 0.340 e. The van der Waals surface area contributed by atoms with Gasteiger partial charge in [-0.15, -0.1) is 0 Å². The maximum atomic E-state index is 14.2. The van der Waals surface area contributed by atoms with Gasteiger partial charge in [-0.3, -0.25) is 9.10 Å². The molecule has 1 amide bonds. The smallest absolute Gasteiger partial charge is 0.340 e. The monoisotopic (exact) mass is 606 g/mol. The molecule has 0 aliphatic carbocycles. The molecule has 0 radical (unpaired) electrons. The number of nitrogens with one attached hydrogen (secondary N) is 1. The zero-order valence-electron chi connectivity index (χ0n) is 23.3. The Balaban J connectivity index is 1.30. The van der Waals surface area contributed by atoms with Crippen molar-refractivity contribution < 1.29 is 36.3 Å². The van der Waals surface area contributed by atoms with Crippen LogP contribution in [0.25, 0.3) is 11.1 Å². The summed E-state index contributed by atoms with van der Waals surface area (Å²) in [6, 6.07) is 20.2. The summed E-state index contributed by atoms with van der Waals surface area (Å²) in [4.78, 5) is 24.9. The van der Waals surface area contributed by atoms with Crippen LogP contribution >= 0.6 is 0 Å². The summed E-state index contributed by atoms with van der Waals surface area (Å²) < 4.78 is 66.7. The Morgan fingerprint density at radius 2 is 1.72 bits per heavy atom. The quantitative estimate of drug-likeness (QED) is 0.212. The van der Waals surface area contributed by atoms with Crippen LogP contribution in [0.1, 0.15) is 21.5 Å². The van der Waals surface area contributed by atoms with Crippen LogP contribution in [0.15, 0.2) is 89.8 Å². The van der Waals surface area contributed by atoms with Gasteiger partial charge in [-0.25, -0.2) is 22.0 Å². The molecule has 0 bridgehead atoms. The van der Waals surface area contributed by atoms with E-state index in [1.54, 1.807) is 49.4 Å². The number of amides is 1. The van der Waals surface area contributed by atoms with E-state index in [0.717, 1.165) is 28.6 Å². The minimum absolute atomic E-state index is 0.00581. The van der Waals surface area contributed by atoms with Gasteiger partial charge in [0.2, 0.25) is 5.91 Å². The van der Waals surface area contributed by atoms with E-state index in [1.165, 1.54) is 36.4 Å². The van der Waals surface area contributed by atoms with Crippen molar-refractivity contribution in [3.05, 3.63) is 113 Å². The molecule has 0 saturated heterocycles. The number of aryl methyl sites for hydroxylation is 1. The summed E-state index contributed by atoms with van der Waals surface area (Å²) in [7, 11) is -3.00. The van der Waals surface area contributed by atoms with E-state index < -0.39 is 33.8 Å². The van der Waals surface area contributed by atoms with Crippen molar-refractivity contribution in [2.75, 3.05) is 24.6 Å². The number of benzene rings is 4. The van der Waals surface area contributed by atoms with Gasteiger partial charge in [-0.2, -0.15) is 0 Å². The molecule has 1 aliphatic heterocycles. The summed E-state index contributed by atoms with van der Waals surface area (Å²) in [6.45, 7) is 1.77. The molecule has 0 aromatic heterocycles. The van der Waals surface area contributed by atoms with Crippen molar-refractivity contribution in [1.29, 1.82) is 0 Å². The average Bonchev–Trinajstić information content (AvgIpc) is 3.40. The Morgan fingerprint density at radius 3 is 2.42 bits per heavy atom. The van der Waals surface area contributed by atoms with Crippen LogP contribution in [0.4, 0.5) is 14.5 Å². The Hall–Kier alpha value is -4.77. The molecule has 8 nitrogen and oxygen atoms in total. The molecule has 0 spiro atoms. The predicted octanol–water partition coefficient (Wildman–Crippen LogP) is 5.04. The Labute approximate surface area is 247 Å². The van der Waals surface area contributed by atoms with Gasteiger partial charge in [-0.05, 0) is 71.6 Å². The Morgan fingerprint density at radius 1 is 0.977 bits per heavy atom. The van der Waals surface area contributed by atoms with Crippen LogP contribution in [0.2, 0.25) is 0 Å². The first kappa shape index (κ1) is 29.7. The number of nitrogens with zero attached hydrogens (tertiary/aromatic N) is 1. The first-order valence-electron chi connectivity index (χ1n) is 13.4. The number of esters is 1. The molecule has 1 heterocycles. The van der Waals surface area contributed by atoms with Crippen LogP contribution in [0.5, 0.6) is 5.75 Å². The van der Waals surface area contributed by atoms with Gasteiger partial charge in [0.05, 0.1) is 29.8 Å². The van der Waals surface area contributed by atoms with E-state index in [2.05, 4.69) is 10.1 Å². The fraction of sp³-hybridized carbons (Fsp3) is 0.188. The number of carbonyl (C=O) groups excluding carboxylic acids is 2. The topological polar surface area (TPSA) is 102 Å². The number of para-hydroxylation sites is 1. The SMILES string of the molecule is COC(=O)c1ccc(OCCNC(=O)[C@@H]2Cc3ccccc3N2S(=O)(=O)c2ccc(-c3ccc(F)cc3C)cc2)cc1F. The highest BCUT2D eigenvalue weighted by molar-refractivity contribution is 7.93. The lowest BCUT2D eigenvalue weighted by molar-refractivity contribution is -0.122. The van der Waals surface area contributed by atoms with Crippen LogP contribution < -0.4 is 14.4 Å². The van der Waals surface area contributed by atoms with E-state index in [0.29, 0.717) is 16.8 Å². The molecule has 0 saturated carbocycles. The minimum atomic E-state index is -4.15. The third-order valence-electron chi connectivity index (χ3n) is 7.15. The number of halogens is 2. The summed E-state index contributed by atoms with van der Waals surface area (Å²) in [5, 5.41) is 2.71. The van der Waals surface area contributed by atoms with E-state index in [9.17, 15) is 26.8 Å².